The number of amides is 3. The molecule has 0 saturated heterocycles. The quantitative estimate of drug-likeness (QED) is 0.621. The van der Waals surface area contributed by atoms with E-state index in [4.69, 9.17) is 0 Å². The van der Waals surface area contributed by atoms with Crippen molar-refractivity contribution in [3.8, 4) is 0 Å². The number of hydrogen-bond donors (Lipinski definition) is 1. The van der Waals surface area contributed by atoms with Crippen LogP contribution in [0, 0.1) is 12.7 Å². The summed E-state index contributed by atoms with van der Waals surface area (Å²) in [6, 6.07) is 11.1. The predicted molar refractivity (Wildman–Crippen MR) is 103 cm³/mol. The van der Waals surface area contributed by atoms with Crippen LogP contribution in [0.5, 0.6) is 0 Å². The first kappa shape index (κ1) is 19.4. The van der Waals surface area contributed by atoms with Gasteiger partial charge in [0.2, 0.25) is 5.91 Å². The molecule has 0 aliphatic carbocycles. The van der Waals surface area contributed by atoms with Crippen molar-refractivity contribution in [3.05, 3.63) is 70.8 Å². The van der Waals surface area contributed by atoms with Gasteiger partial charge in [-0.2, -0.15) is 4.80 Å². The van der Waals surface area contributed by atoms with Crippen LogP contribution in [0.3, 0.4) is 0 Å². The molecule has 4 rings (SSSR count). The third-order valence-electron chi connectivity index (χ3n) is 4.62. The van der Waals surface area contributed by atoms with Crippen molar-refractivity contribution < 1.29 is 18.8 Å². The molecule has 3 amide bonds. The largest absolute Gasteiger partial charge is 0.322 e. The van der Waals surface area contributed by atoms with Gasteiger partial charge in [0.15, 0.2) is 5.82 Å². The number of anilines is 1. The van der Waals surface area contributed by atoms with E-state index >= 15 is 0 Å². The van der Waals surface area contributed by atoms with Gasteiger partial charge in [0.1, 0.15) is 12.4 Å². The number of imide groups is 1. The van der Waals surface area contributed by atoms with Gasteiger partial charge in [-0.1, -0.05) is 18.2 Å². The fraction of sp³-hybridized carbons (Fsp3) is 0.200. The minimum atomic E-state index is -0.531. The van der Waals surface area contributed by atoms with Crippen molar-refractivity contribution in [1.29, 1.82) is 0 Å². The van der Waals surface area contributed by atoms with Crippen LogP contribution in [-0.2, 0) is 17.8 Å². The molecular weight excluding hydrogens is 391 g/mol. The van der Waals surface area contributed by atoms with E-state index in [0.29, 0.717) is 11.1 Å². The molecule has 0 radical (unpaired) electrons. The molecule has 3 aromatic rings. The average molecular weight is 408 g/mol. The molecule has 152 valence electrons. The number of benzene rings is 2. The lowest BCUT2D eigenvalue weighted by atomic mass is 10.1. The van der Waals surface area contributed by atoms with Gasteiger partial charge in [-0.3, -0.25) is 19.3 Å². The maximum Gasteiger partial charge on any atom is 0.261 e. The van der Waals surface area contributed by atoms with Gasteiger partial charge in [-0.05, 0) is 42.0 Å². The van der Waals surface area contributed by atoms with Gasteiger partial charge in [0.25, 0.3) is 11.8 Å². The first-order valence-corrected chi connectivity index (χ1v) is 9.20. The number of hydrogen-bond acceptors (Lipinski definition) is 6. The number of rotatable bonds is 6. The third-order valence-corrected chi connectivity index (χ3v) is 4.62. The van der Waals surface area contributed by atoms with E-state index in [-0.39, 0.29) is 42.8 Å². The van der Waals surface area contributed by atoms with Crippen molar-refractivity contribution in [2.24, 2.45) is 0 Å². The fourth-order valence-corrected chi connectivity index (χ4v) is 3.14. The first-order valence-electron chi connectivity index (χ1n) is 9.20. The highest BCUT2D eigenvalue weighted by Gasteiger charge is 2.34. The fourth-order valence-electron chi connectivity index (χ4n) is 3.14. The van der Waals surface area contributed by atoms with Gasteiger partial charge in [-0.15, -0.1) is 10.2 Å². The summed E-state index contributed by atoms with van der Waals surface area (Å²) in [5, 5.41) is 14.2. The number of aromatic nitrogens is 4. The van der Waals surface area contributed by atoms with Crippen LogP contribution < -0.4 is 5.32 Å². The average Bonchev–Trinajstić information content (AvgIpc) is 3.26. The first-order chi connectivity index (χ1) is 14.4. The zero-order chi connectivity index (χ0) is 21.3. The SMILES string of the molecule is Cc1ccc(NC(=O)Cn2nnc(CCN3C(=O)c4ccccc4C3=O)n2)c(F)c1. The van der Waals surface area contributed by atoms with Crippen molar-refractivity contribution >= 4 is 23.4 Å². The Balaban J connectivity index is 1.34. The zero-order valence-electron chi connectivity index (χ0n) is 16.0. The molecule has 0 unspecified atom stereocenters. The molecule has 9 nitrogen and oxygen atoms in total. The molecule has 2 heterocycles. The molecule has 0 spiro atoms. The van der Waals surface area contributed by atoms with Gasteiger partial charge in [0.05, 0.1) is 16.8 Å². The zero-order valence-corrected chi connectivity index (χ0v) is 16.0. The van der Waals surface area contributed by atoms with Crippen LogP contribution in [0.1, 0.15) is 32.1 Å². The van der Waals surface area contributed by atoms with Crippen molar-refractivity contribution in [3.63, 3.8) is 0 Å². The highest BCUT2D eigenvalue weighted by atomic mass is 19.1. The number of aryl methyl sites for hydroxylation is 1. The predicted octanol–water partition coefficient (Wildman–Crippen LogP) is 1.60. The molecule has 0 saturated carbocycles. The molecule has 0 atom stereocenters. The molecule has 0 bridgehead atoms. The Morgan fingerprint density at radius 2 is 1.80 bits per heavy atom. The van der Waals surface area contributed by atoms with Crippen molar-refractivity contribution in [1.82, 2.24) is 25.1 Å². The van der Waals surface area contributed by atoms with E-state index in [9.17, 15) is 18.8 Å². The number of carbonyl (C=O) groups is 3. The summed E-state index contributed by atoms with van der Waals surface area (Å²) < 4.78 is 13.8. The van der Waals surface area contributed by atoms with Crippen LogP contribution >= 0.6 is 0 Å². The van der Waals surface area contributed by atoms with Crippen LogP contribution in [0.15, 0.2) is 42.5 Å². The number of tetrazole rings is 1. The number of nitrogens with zero attached hydrogens (tertiary/aromatic N) is 5. The summed E-state index contributed by atoms with van der Waals surface area (Å²) in [5.41, 5.74) is 1.56. The van der Waals surface area contributed by atoms with Crippen molar-refractivity contribution in [2.45, 2.75) is 19.9 Å². The van der Waals surface area contributed by atoms with Crippen LogP contribution in [-0.4, -0.2) is 49.4 Å². The summed E-state index contributed by atoms with van der Waals surface area (Å²) >= 11 is 0. The van der Waals surface area contributed by atoms with E-state index in [1.165, 1.54) is 12.1 Å². The summed E-state index contributed by atoms with van der Waals surface area (Å²) in [6.45, 7) is 1.59. The van der Waals surface area contributed by atoms with Gasteiger partial charge < -0.3 is 5.32 Å². The maximum atomic E-state index is 13.8. The van der Waals surface area contributed by atoms with E-state index in [1.54, 1.807) is 37.3 Å². The summed E-state index contributed by atoms with van der Waals surface area (Å²) in [7, 11) is 0. The molecule has 2 aromatic carbocycles. The standard InChI is InChI=1S/C20H17FN6O3/c1-12-6-7-16(15(21)10-12)22-18(28)11-27-24-17(23-25-27)8-9-26-19(29)13-4-2-3-5-14(13)20(26)30/h2-7,10H,8-9,11H2,1H3,(H,22,28). The highest BCUT2D eigenvalue weighted by molar-refractivity contribution is 6.21. The lowest BCUT2D eigenvalue weighted by Gasteiger charge is -2.11. The maximum absolute atomic E-state index is 13.8. The van der Waals surface area contributed by atoms with Gasteiger partial charge in [-0.25, -0.2) is 4.39 Å². The lowest BCUT2D eigenvalue weighted by molar-refractivity contribution is -0.117. The highest BCUT2D eigenvalue weighted by Crippen LogP contribution is 2.22. The van der Waals surface area contributed by atoms with E-state index in [2.05, 4.69) is 20.7 Å². The number of nitrogens with one attached hydrogen (secondary N) is 1. The molecule has 1 aliphatic rings. The Bertz CT molecular complexity index is 1120. The normalized spacial score (nSPS) is 12.9. The van der Waals surface area contributed by atoms with Crippen LogP contribution in [0.4, 0.5) is 10.1 Å². The van der Waals surface area contributed by atoms with E-state index < -0.39 is 11.7 Å². The third kappa shape index (κ3) is 3.79. The van der Waals surface area contributed by atoms with Gasteiger partial charge >= 0.3 is 0 Å². The Kier molecular flexibility index (Phi) is 5.05. The molecule has 1 aliphatic heterocycles. The molecule has 1 N–H and O–H groups in total. The Labute approximate surface area is 170 Å². The molecule has 10 heteroatoms. The Morgan fingerprint density at radius 3 is 2.47 bits per heavy atom. The topological polar surface area (TPSA) is 110 Å². The molecule has 1 aromatic heterocycles. The second-order valence-electron chi connectivity index (χ2n) is 6.83. The Hall–Kier alpha value is -3.95. The molecule has 30 heavy (non-hydrogen) atoms. The molecule has 0 fully saturated rings. The van der Waals surface area contributed by atoms with Crippen LogP contribution in [0.25, 0.3) is 0 Å². The summed E-state index contributed by atoms with van der Waals surface area (Å²) in [5.74, 6) is -1.48. The lowest BCUT2D eigenvalue weighted by Crippen LogP contribution is -2.32. The number of carbonyl (C=O) groups excluding carboxylic acids is 3. The number of halogens is 1. The minimum absolute atomic E-state index is 0.0663. The molecular formula is C20H17FN6O3. The van der Waals surface area contributed by atoms with Crippen LogP contribution in [0.2, 0.25) is 0 Å². The van der Waals surface area contributed by atoms with E-state index in [0.717, 1.165) is 15.3 Å². The minimum Gasteiger partial charge on any atom is -0.322 e. The summed E-state index contributed by atoms with van der Waals surface area (Å²) in [6.07, 6.45) is 0.194. The van der Waals surface area contributed by atoms with Crippen molar-refractivity contribution in [2.75, 3.05) is 11.9 Å². The van der Waals surface area contributed by atoms with Gasteiger partial charge in [0, 0.05) is 13.0 Å². The monoisotopic (exact) mass is 408 g/mol. The number of fused-ring (bicyclic) bond motifs is 1. The Morgan fingerprint density at radius 1 is 1.10 bits per heavy atom. The second kappa shape index (κ2) is 7.82. The smallest absolute Gasteiger partial charge is 0.261 e. The summed E-state index contributed by atoms with van der Waals surface area (Å²) in [4.78, 5) is 39.0. The second-order valence-corrected chi connectivity index (χ2v) is 6.83. The van der Waals surface area contributed by atoms with E-state index in [1.807, 2.05) is 0 Å².